The monoisotopic (exact) mass is 361 g/mol. The topological polar surface area (TPSA) is 12.5 Å². The lowest BCUT2D eigenvalue weighted by Crippen LogP contribution is -2.35. The summed E-state index contributed by atoms with van der Waals surface area (Å²) >= 11 is 0. The minimum atomic E-state index is 0. The number of hydrogen-bond donors (Lipinski definition) is 0. The third-order valence-electron chi connectivity index (χ3n) is 4.20. The lowest BCUT2D eigenvalue weighted by Gasteiger charge is -2.32. The average molecular weight is 362 g/mol. The normalized spacial score (nSPS) is 16.5. The van der Waals surface area contributed by atoms with E-state index in [2.05, 4.69) is 72.6 Å². The average Bonchev–Trinajstić information content (AvgIpc) is 2.56. The van der Waals surface area contributed by atoms with Gasteiger partial charge in [0.1, 0.15) is 6.10 Å². The van der Waals surface area contributed by atoms with Crippen molar-refractivity contribution in [3.63, 3.8) is 0 Å². The van der Waals surface area contributed by atoms with E-state index in [1.54, 1.807) is 0 Å². The Kier molecular flexibility index (Phi) is 6.62. The Morgan fingerprint density at radius 1 is 0.864 bits per heavy atom. The van der Waals surface area contributed by atoms with Crippen LogP contribution in [0, 0.1) is 0 Å². The number of halogens is 1. The van der Waals surface area contributed by atoms with Crippen LogP contribution in [0.4, 0.5) is 0 Å². The highest BCUT2D eigenvalue weighted by atomic mass is 79.9. The van der Waals surface area contributed by atoms with E-state index in [0.29, 0.717) is 6.10 Å². The number of hydrogen-bond acceptors (Lipinski definition) is 2. The lowest BCUT2D eigenvalue weighted by atomic mass is 10.00. The zero-order chi connectivity index (χ0) is 14.5. The molecule has 2 nitrogen and oxygen atoms in total. The van der Waals surface area contributed by atoms with Gasteiger partial charge in [0.15, 0.2) is 0 Å². The molecule has 0 amide bonds. The molecule has 0 saturated carbocycles. The molecule has 0 aliphatic carbocycles. The summed E-state index contributed by atoms with van der Waals surface area (Å²) in [5.74, 6) is 0. The third-order valence-corrected chi connectivity index (χ3v) is 4.20. The molecule has 3 rings (SSSR count). The summed E-state index contributed by atoms with van der Waals surface area (Å²) in [7, 11) is 2.18. The van der Waals surface area contributed by atoms with Gasteiger partial charge in [-0.05, 0) is 31.0 Å². The molecule has 1 aliphatic heterocycles. The fourth-order valence-corrected chi connectivity index (χ4v) is 2.92. The first-order chi connectivity index (χ1) is 10.3. The van der Waals surface area contributed by atoms with Gasteiger partial charge in [-0.25, -0.2) is 0 Å². The highest BCUT2D eigenvalue weighted by Gasteiger charge is 2.23. The molecule has 1 heterocycles. The molecule has 0 unspecified atom stereocenters. The number of nitrogens with zero attached hydrogens (tertiary/aromatic N) is 1. The van der Waals surface area contributed by atoms with E-state index in [0.717, 1.165) is 25.9 Å². The Morgan fingerprint density at radius 2 is 1.32 bits per heavy atom. The third kappa shape index (κ3) is 4.42. The summed E-state index contributed by atoms with van der Waals surface area (Å²) in [6.45, 7) is 2.25. The van der Waals surface area contributed by atoms with E-state index in [4.69, 9.17) is 4.74 Å². The van der Waals surface area contributed by atoms with Crippen molar-refractivity contribution in [2.45, 2.75) is 25.0 Å². The highest BCUT2D eigenvalue weighted by Crippen LogP contribution is 2.29. The second kappa shape index (κ2) is 8.47. The molecule has 1 fully saturated rings. The van der Waals surface area contributed by atoms with Crippen molar-refractivity contribution >= 4 is 17.0 Å². The van der Waals surface area contributed by atoms with Crippen LogP contribution in [0.5, 0.6) is 0 Å². The molecular formula is C19H24BrNO. The Balaban J connectivity index is 0.00000176. The van der Waals surface area contributed by atoms with Crippen molar-refractivity contribution in [3.05, 3.63) is 71.8 Å². The Morgan fingerprint density at radius 3 is 1.77 bits per heavy atom. The van der Waals surface area contributed by atoms with Crippen molar-refractivity contribution in [1.29, 1.82) is 0 Å². The van der Waals surface area contributed by atoms with Gasteiger partial charge in [-0.2, -0.15) is 0 Å². The lowest BCUT2D eigenvalue weighted by molar-refractivity contribution is -0.0234. The van der Waals surface area contributed by atoms with E-state index in [1.807, 2.05) is 0 Å². The van der Waals surface area contributed by atoms with Crippen LogP contribution >= 0.6 is 17.0 Å². The molecule has 2 aromatic rings. The summed E-state index contributed by atoms with van der Waals surface area (Å²) < 4.78 is 6.49. The molecule has 1 aliphatic rings. The summed E-state index contributed by atoms with van der Waals surface area (Å²) in [5, 5.41) is 0. The highest BCUT2D eigenvalue weighted by molar-refractivity contribution is 8.93. The van der Waals surface area contributed by atoms with Crippen LogP contribution in [0.25, 0.3) is 0 Å². The van der Waals surface area contributed by atoms with Gasteiger partial charge < -0.3 is 9.64 Å². The van der Waals surface area contributed by atoms with Gasteiger partial charge in [-0.1, -0.05) is 60.7 Å². The largest absolute Gasteiger partial charge is 0.365 e. The fourth-order valence-electron chi connectivity index (χ4n) is 2.92. The van der Waals surface area contributed by atoms with Crippen LogP contribution in [-0.2, 0) is 4.74 Å². The van der Waals surface area contributed by atoms with Crippen LogP contribution < -0.4 is 0 Å². The van der Waals surface area contributed by atoms with Crippen LogP contribution in [0.1, 0.15) is 30.1 Å². The fraction of sp³-hybridized carbons (Fsp3) is 0.368. The number of benzene rings is 2. The predicted octanol–water partition coefficient (Wildman–Crippen LogP) is 4.46. The van der Waals surface area contributed by atoms with Crippen molar-refractivity contribution in [2.24, 2.45) is 0 Å². The molecule has 3 heteroatoms. The second-order valence-corrected chi connectivity index (χ2v) is 5.84. The van der Waals surface area contributed by atoms with Gasteiger partial charge in [0.05, 0.1) is 6.10 Å². The van der Waals surface area contributed by atoms with Gasteiger partial charge in [-0.15, -0.1) is 17.0 Å². The van der Waals surface area contributed by atoms with Gasteiger partial charge in [0.25, 0.3) is 0 Å². The Bertz CT molecular complexity index is 498. The maximum absolute atomic E-state index is 6.49. The number of ether oxygens (including phenoxy) is 1. The van der Waals surface area contributed by atoms with E-state index < -0.39 is 0 Å². The molecule has 1 saturated heterocycles. The molecule has 0 atom stereocenters. The van der Waals surface area contributed by atoms with E-state index >= 15 is 0 Å². The summed E-state index contributed by atoms with van der Waals surface area (Å²) in [5.41, 5.74) is 2.48. The van der Waals surface area contributed by atoms with Gasteiger partial charge in [0.2, 0.25) is 0 Å². The number of piperidine rings is 1. The van der Waals surface area contributed by atoms with Gasteiger partial charge >= 0.3 is 0 Å². The van der Waals surface area contributed by atoms with Crippen LogP contribution in [0.3, 0.4) is 0 Å². The number of likely N-dealkylation sites (tertiary alicyclic amines) is 1. The molecule has 0 spiro atoms. The quantitative estimate of drug-likeness (QED) is 0.796. The van der Waals surface area contributed by atoms with Crippen molar-refractivity contribution < 1.29 is 4.74 Å². The predicted molar refractivity (Wildman–Crippen MR) is 96.7 cm³/mol. The van der Waals surface area contributed by atoms with Crippen LogP contribution in [0.2, 0.25) is 0 Å². The maximum Gasteiger partial charge on any atom is 0.108 e. The molecule has 0 aromatic heterocycles. The molecular weight excluding hydrogens is 338 g/mol. The Labute approximate surface area is 143 Å². The van der Waals surface area contributed by atoms with Crippen molar-refractivity contribution in [1.82, 2.24) is 4.90 Å². The minimum Gasteiger partial charge on any atom is -0.365 e. The van der Waals surface area contributed by atoms with Gasteiger partial charge in [0, 0.05) is 13.1 Å². The van der Waals surface area contributed by atoms with E-state index in [9.17, 15) is 0 Å². The number of rotatable bonds is 4. The van der Waals surface area contributed by atoms with Crippen molar-refractivity contribution in [3.8, 4) is 0 Å². The van der Waals surface area contributed by atoms with Crippen LogP contribution in [-0.4, -0.2) is 31.1 Å². The van der Waals surface area contributed by atoms with Crippen LogP contribution in [0.15, 0.2) is 60.7 Å². The SMILES string of the molecule is Br.CN1CCC(OC(c2ccccc2)c2ccccc2)CC1. The molecule has 22 heavy (non-hydrogen) atoms. The first kappa shape index (κ1) is 17.2. The zero-order valence-electron chi connectivity index (χ0n) is 13.0. The zero-order valence-corrected chi connectivity index (χ0v) is 14.7. The smallest absolute Gasteiger partial charge is 0.108 e. The minimum absolute atomic E-state index is 0. The van der Waals surface area contributed by atoms with Crippen molar-refractivity contribution in [2.75, 3.05) is 20.1 Å². The van der Waals surface area contributed by atoms with E-state index in [1.165, 1.54) is 11.1 Å². The summed E-state index contributed by atoms with van der Waals surface area (Å²) in [6.07, 6.45) is 2.63. The summed E-state index contributed by atoms with van der Waals surface area (Å²) in [4.78, 5) is 2.37. The Hall–Kier alpha value is -1.16. The molecule has 2 aromatic carbocycles. The molecule has 0 N–H and O–H groups in total. The first-order valence-corrected chi connectivity index (χ1v) is 7.77. The maximum atomic E-state index is 6.49. The second-order valence-electron chi connectivity index (χ2n) is 5.84. The first-order valence-electron chi connectivity index (χ1n) is 7.77. The van der Waals surface area contributed by atoms with Gasteiger partial charge in [-0.3, -0.25) is 0 Å². The summed E-state index contributed by atoms with van der Waals surface area (Å²) in [6, 6.07) is 21.1. The molecule has 118 valence electrons. The van der Waals surface area contributed by atoms with E-state index in [-0.39, 0.29) is 23.1 Å². The molecule has 0 radical (unpaired) electrons. The molecule has 0 bridgehead atoms. The standard InChI is InChI=1S/C19H23NO.BrH/c1-20-14-12-18(13-15-20)21-19(16-8-4-2-5-9-16)17-10-6-3-7-11-17;/h2-11,18-19H,12-15H2,1H3;1H.